The van der Waals surface area contributed by atoms with Gasteiger partial charge in [0.25, 0.3) is 0 Å². The van der Waals surface area contributed by atoms with E-state index in [0.29, 0.717) is 0 Å². The summed E-state index contributed by atoms with van der Waals surface area (Å²) in [6.45, 7) is 6.81. The molecule has 0 saturated heterocycles. The molecule has 1 rings (SSSR count). The van der Waals surface area contributed by atoms with Crippen LogP contribution in [0.15, 0.2) is 12.2 Å². The Morgan fingerprint density at radius 3 is 2.11 bits per heavy atom. The summed E-state index contributed by atoms with van der Waals surface area (Å²) in [6.07, 6.45) is 5.79. The third-order valence-corrected chi connectivity index (χ3v) is 2.02. The van der Waals surface area contributed by atoms with Crippen LogP contribution in [0.4, 0.5) is 0 Å². The van der Waals surface area contributed by atoms with Crippen LogP contribution in [0, 0.1) is 0 Å². The predicted octanol–water partition coefficient (Wildman–Crippen LogP) is 1.66. The van der Waals surface area contributed by atoms with Crippen molar-refractivity contribution in [2.75, 3.05) is 13.1 Å². The van der Waals surface area contributed by atoms with E-state index in [0.717, 1.165) is 6.04 Å². The minimum atomic E-state index is 0.764. The Morgan fingerprint density at radius 2 is 2.00 bits per heavy atom. The monoisotopic (exact) mass is 125 g/mol. The zero-order valence-corrected chi connectivity index (χ0v) is 6.30. The van der Waals surface area contributed by atoms with E-state index in [-0.39, 0.29) is 0 Å². The van der Waals surface area contributed by atoms with Gasteiger partial charge in [-0.2, -0.15) is 0 Å². The van der Waals surface area contributed by atoms with Crippen LogP contribution in [0.1, 0.15) is 20.3 Å². The predicted molar refractivity (Wildman–Crippen MR) is 40.5 cm³/mol. The van der Waals surface area contributed by atoms with Gasteiger partial charge in [0.1, 0.15) is 0 Å². The minimum Gasteiger partial charge on any atom is -0.297 e. The molecule has 0 bridgehead atoms. The van der Waals surface area contributed by atoms with Gasteiger partial charge in [-0.1, -0.05) is 26.0 Å². The van der Waals surface area contributed by atoms with Crippen LogP contribution in [-0.2, 0) is 0 Å². The smallest absolute Gasteiger partial charge is 0.0312 e. The van der Waals surface area contributed by atoms with Crippen LogP contribution in [0.2, 0.25) is 0 Å². The van der Waals surface area contributed by atoms with E-state index in [1.807, 2.05) is 0 Å². The zero-order chi connectivity index (χ0) is 6.69. The van der Waals surface area contributed by atoms with E-state index in [1.54, 1.807) is 0 Å². The molecular formula is C8H15N. The summed E-state index contributed by atoms with van der Waals surface area (Å²) in [7, 11) is 0. The summed E-state index contributed by atoms with van der Waals surface area (Å²) >= 11 is 0. The van der Waals surface area contributed by atoms with E-state index in [1.165, 1.54) is 19.5 Å². The lowest BCUT2D eigenvalue weighted by molar-refractivity contribution is 0.242. The van der Waals surface area contributed by atoms with Gasteiger partial charge in [0.2, 0.25) is 0 Å². The third kappa shape index (κ3) is 1.33. The van der Waals surface area contributed by atoms with Crippen molar-refractivity contribution in [1.29, 1.82) is 0 Å². The summed E-state index contributed by atoms with van der Waals surface area (Å²) in [4.78, 5) is 2.47. The van der Waals surface area contributed by atoms with Crippen LogP contribution in [0.5, 0.6) is 0 Å². The topological polar surface area (TPSA) is 3.24 Å². The van der Waals surface area contributed by atoms with Crippen LogP contribution in [-0.4, -0.2) is 24.0 Å². The molecule has 1 aliphatic carbocycles. The van der Waals surface area contributed by atoms with E-state index in [2.05, 4.69) is 30.9 Å². The molecule has 0 aliphatic heterocycles. The highest BCUT2D eigenvalue weighted by atomic mass is 15.1. The molecule has 0 spiro atoms. The number of rotatable bonds is 3. The largest absolute Gasteiger partial charge is 0.297 e. The summed E-state index contributed by atoms with van der Waals surface area (Å²) in [6, 6.07) is 0.764. The zero-order valence-electron chi connectivity index (χ0n) is 6.30. The van der Waals surface area contributed by atoms with Crippen molar-refractivity contribution >= 4 is 0 Å². The molecule has 52 valence electrons. The van der Waals surface area contributed by atoms with E-state index in [4.69, 9.17) is 0 Å². The fraction of sp³-hybridized carbons (Fsp3) is 0.750. The minimum absolute atomic E-state index is 0.764. The van der Waals surface area contributed by atoms with Crippen molar-refractivity contribution < 1.29 is 0 Å². The molecule has 0 aromatic heterocycles. The fourth-order valence-corrected chi connectivity index (χ4v) is 1.22. The van der Waals surface area contributed by atoms with Gasteiger partial charge in [0.15, 0.2) is 0 Å². The Kier molecular flexibility index (Phi) is 2.29. The first-order chi connectivity index (χ1) is 4.38. The molecule has 1 nitrogen and oxygen atoms in total. The van der Waals surface area contributed by atoms with Crippen LogP contribution < -0.4 is 0 Å². The van der Waals surface area contributed by atoms with Gasteiger partial charge < -0.3 is 0 Å². The standard InChI is InChI=1S/C8H15N/c1-3-9(4-2)8-6-5-7-8/h5-6,8H,3-4,7H2,1-2H3. The van der Waals surface area contributed by atoms with Gasteiger partial charge in [-0.05, 0) is 19.5 Å². The molecule has 0 saturated carbocycles. The van der Waals surface area contributed by atoms with Gasteiger partial charge in [0.05, 0.1) is 0 Å². The molecule has 0 aromatic rings. The van der Waals surface area contributed by atoms with Crippen LogP contribution in [0.3, 0.4) is 0 Å². The average Bonchev–Trinajstić information content (AvgIpc) is 1.78. The molecule has 0 heterocycles. The van der Waals surface area contributed by atoms with Gasteiger partial charge in [-0.3, -0.25) is 4.90 Å². The lowest BCUT2D eigenvalue weighted by atomic mass is 10.0. The lowest BCUT2D eigenvalue weighted by Crippen LogP contribution is -2.36. The molecule has 1 heteroatoms. The van der Waals surface area contributed by atoms with Crippen molar-refractivity contribution in [3.63, 3.8) is 0 Å². The molecular weight excluding hydrogens is 110 g/mol. The highest BCUT2D eigenvalue weighted by molar-refractivity contribution is 5.07. The summed E-state index contributed by atoms with van der Waals surface area (Å²) in [5.41, 5.74) is 0. The molecule has 0 N–H and O–H groups in total. The van der Waals surface area contributed by atoms with Crippen molar-refractivity contribution in [3.8, 4) is 0 Å². The Morgan fingerprint density at radius 1 is 1.44 bits per heavy atom. The second-order valence-corrected chi connectivity index (χ2v) is 2.45. The molecule has 9 heavy (non-hydrogen) atoms. The summed E-state index contributed by atoms with van der Waals surface area (Å²) in [5, 5.41) is 0. The first-order valence-corrected chi connectivity index (χ1v) is 3.79. The lowest BCUT2D eigenvalue weighted by Gasteiger charge is -2.30. The molecule has 1 unspecified atom stereocenters. The molecule has 0 aromatic carbocycles. The second kappa shape index (κ2) is 3.02. The number of hydrogen-bond donors (Lipinski definition) is 0. The van der Waals surface area contributed by atoms with Crippen LogP contribution in [0.25, 0.3) is 0 Å². The van der Waals surface area contributed by atoms with Crippen molar-refractivity contribution in [2.45, 2.75) is 26.3 Å². The SMILES string of the molecule is CCN(CC)C1C=CC1. The maximum atomic E-state index is 2.47. The Bertz CT molecular complexity index is 103. The maximum absolute atomic E-state index is 2.47. The Balaban J connectivity index is 2.29. The maximum Gasteiger partial charge on any atom is 0.0312 e. The first kappa shape index (κ1) is 6.81. The van der Waals surface area contributed by atoms with Gasteiger partial charge in [0, 0.05) is 6.04 Å². The van der Waals surface area contributed by atoms with E-state index >= 15 is 0 Å². The van der Waals surface area contributed by atoms with E-state index < -0.39 is 0 Å². The number of hydrogen-bond acceptors (Lipinski definition) is 1. The summed E-state index contributed by atoms with van der Waals surface area (Å²) in [5.74, 6) is 0. The average molecular weight is 125 g/mol. The number of nitrogens with zero attached hydrogens (tertiary/aromatic N) is 1. The molecule has 0 radical (unpaired) electrons. The van der Waals surface area contributed by atoms with E-state index in [9.17, 15) is 0 Å². The highest BCUT2D eigenvalue weighted by Crippen LogP contribution is 2.14. The molecule has 0 amide bonds. The number of likely N-dealkylation sites (N-methyl/N-ethyl adjacent to an activating group) is 1. The fourth-order valence-electron chi connectivity index (χ4n) is 1.22. The molecule has 1 aliphatic rings. The van der Waals surface area contributed by atoms with Crippen molar-refractivity contribution in [3.05, 3.63) is 12.2 Å². The van der Waals surface area contributed by atoms with Crippen molar-refractivity contribution in [2.24, 2.45) is 0 Å². The quantitative estimate of drug-likeness (QED) is 0.518. The van der Waals surface area contributed by atoms with Crippen LogP contribution >= 0.6 is 0 Å². The highest BCUT2D eigenvalue weighted by Gasteiger charge is 2.15. The first-order valence-electron chi connectivity index (χ1n) is 3.79. The van der Waals surface area contributed by atoms with Gasteiger partial charge >= 0.3 is 0 Å². The van der Waals surface area contributed by atoms with Gasteiger partial charge in [-0.25, -0.2) is 0 Å². The van der Waals surface area contributed by atoms with Gasteiger partial charge in [-0.15, -0.1) is 0 Å². The Hall–Kier alpha value is -0.300. The summed E-state index contributed by atoms with van der Waals surface area (Å²) < 4.78 is 0. The molecule has 1 atom stereocenters. The third-order valence-electron chi connectivity index (χ3n) is 2.02. The molecule has 0 fully saturated rings. The Labute approximate surface area is 57.4 Å². The second-order valence-electron chi connectivity index (χ2n) is 2.45. The van der Waals surface area contributed by atoms with Crippen molar-refractivity contribution in [1.82, 2.24) is 4.90 Å². The normalized spacial score (nSPS) is 24.6.